The summed E-state index contributed by atoms with van der Waals surface area (Å²) in [7, 11) is 1.95. The Bertz CT molecular complexity index is 623. The third kappa shape index (κ3) is 3.71. The van der Waals surface area contributed by atoms with Crippen LogP contribution in [0, 0.1) is 5.92 Å². The van der Waals surface area contributed by atoms with E-state index in [0.717, 1.165) is 29.7 Å². The number of carboxylic acid groups (broad SMARTS) is 1. The van der Waals surface area contributed by atoms with Gasteiger partial charge in [0.05, 0.1) is 17.8 Å². The molecule has 2 aromatic heterocycles. The summed E-state index contributed by atoms with van der Waals surface area (Å²) in [6, 6.07) is 2.17. The van der Waals surface area contributed by atoms with Gasteiger partial charge >= 0.3 is 5.97 Å². The molecule has 0 saturated heterocycles. The summed E-state index contributed by atoms with van der Waals surface area (Å²) in [5.41, 5.74) is 1.91. The van der Waals surface area contributed by atoms with Gasteiger partial charge in [0.1, 0.15) is 5.52 Å². The first-order valence-corrected chi connectivity index (χ1v) is 7.24. The minimum Gasteiger partial charge on any atom is -0.481 e. The zero-order chi connectivity index (χ0) is 15.4. The molecule has 0 bridgehead atoms. The minimum absolute atomic E-state index is 0.228. The second-order valence-corrected chi connectivity index (χ2v) is 5.60. The van der Waals surface area contributed by atoms with E-state index in [0.29, 0.717) is 6.42 Å². The lowest BCUT2D eigenvalue weighted by molar-refractivity contribution is -0.141. The number of aromatic nitrogens is 3. The summed E-state index contributed by atoms with van der Waals surface area (Å²) in [6.07, 6.45) is 6.02. The summed E-state index contributed by atoms with van der Waals surface area (Å²) in [5.74, 6) is -0.225. The Kier molecular flexibility index (Phi) is 4.77. The van der Waals surface area contributed by atoms with E-state index in [4.69, 9.17) is 5.11 Å². The van der Waals surface area contributed by atoms with Crippen LogP contribution in [-0.2, 0) is 11.8 Å². The average molecular weight is 290 g/mol. The van der Waals surface area contributed by atoms with Crippen LogP contribution in [0.5, 0.6) is 0 Å². The zero-order valence-electron chi connectivity index (χ0n) is 12.7. The quantitative estimate of drug-likeness (QED) is 0.819. The lowest BCUT2D eigenvalue weighted by Gasteiger charge is -2.15. The number of nitrogens with one attached hydrogen (secondary N) is 1. The van der Waals surface area contributed by atoms with Gasteiger partial charge in [-0.25, -0.2) is 9.97 Å². The number of rotatable bonds is 7. The van der Waals surface area contributed by atoms with E-state index in [2.05, 4.69) is 22.2 Å². The van der Waals surface area contributed by atoms with Gasteiger partial charge in [-0.15, -0.1) is 0 Å². The molecule has 0 spiro atoms. The summed E-state index contributed by atoms with van der Waals surface area (Å²) in [6.45, 7) is 3.82. The Morgan fingerprint density at radius 3 is 2.86 bits per heavy atom. The molecule has 2 atom stereocenters. The Morgan fingerprint density at radius 2 is 2.14 bits per heavy atom. The number of fused-ring (bicyclic) bond motifs is 1. The summed E-state index contributed by atoms with van der Waals surface area (Å²) >= 11 is 0. The monoisotopic (exact) mass is 290 g/mol. The molecule has 0 saturated carbocycles. The molecule has 0 aromatic carbocycles. The first-order valence-electron chi connectivity index (χ1n) is 7.24. The van der Waals surface area contributed by atoms with Gasteiger partial charge in [-0.2, -0.15) is 0 Å². The molecule has 2 rings (SSSR count). The van der Waals surface area contributed by atoms with Crippen LogP contribution in [0.1, 0.15) is 33.1 Å². The van der Waals surface area contributed by atoms with Gasteiger partial charge in [0.2, 0.25) is 0 Å². The summed E-state index contributed by atoms with van der Waals surface area (Å²) < 4.78 is 1.96. The largest absolute Gasteiger partial charge is 0.481 e. The molecule has 0 aliphatic carbocycles. The molecule has 2 N–H and O–H groups in total. The highest BCUT2D eigenvalue weighted by Gasteiger charge is 2.13. The Labute approximate surface area is 124 Å². The first-order chi connectivity index (χ1) is 9.99. The molecule has 0 aliphatic rings. The molecule has 0 amide bonds. The molecule has 0 fully saturated rings. The molecule has 6 nitrogen and oxygen atoms in total. The number of carbonyl (C=O) groups is 1. The molecule has 6 heteroatoms. The lowest BCUT2D eigenvalue weighted by atomic mass is 10.0. The van der Waals surface area contributed by atoms with Crippen LogP contribution in [-0.4, -0.2) is 31.7 Å². The number of anilines is 1. The normalized spacial score (nSPS) is 14.0. The fraction of sp³-hybridized carbons (Fsp3) is 0.533. The maximum atomic E-state index is 10.8. The molecule has 0 radical (unpaired) electrons. The molecule has 2 aromatic rings. The van der Waals surface area contributed by atoms with Crippen molar-refractivity contribution in [3.63, 3.8) is 0 Å². The van der Waals surface area contributed by atoms with Crippen molar-refractivity contribution < 1.29 is 9.90 Å². The van der Waals surface area contributed by atoms with Gasteiger partial charge in [-0.05, 0) is 25.8 Å². The average Bonchev–Trinajstić information content (AvgIpc) is 2.81. The summed E-state index contributed by atoms with van der Waals surface area (Å²) in [5, 5.41) is 12.2. The highest BCUT2D eigenvalue weighted by molar-refractivity contribution is 5.85. The van der Waals surface area contributed by atoms with E-state index in [1.165, 1.54) is 0 Å². The fourth-order valence-electron chi connectivity index (χ4n) is 2.33. The number of nitrogens with zero attached hydrogens (tertiary/aromatic N) is 3. The van der Waals surface area contributed by atoms with Crippen LogP contribution in [0.15, 0.2) is 18.6 Å². The second-order valence-electron chi connectivity index (χ2n) is 5.60. The molecule has 2 heterocycles. The Hall–Kier alpha value is -2.11. The highest BCUT2D eigenvalue weighted by Crippen LogP contribution is 2.20. The van der Waals surface area contributed by atoms with Crippen molar-refractivity contribution in [1.82, 2.24) is 14.5 Å². The molecule has 21 heavy (non-hydrogen) atoms. The number of pyridine rings is 1. The summed E-state index contributed by atoms with van der Waals surface area (Å²) in [4.78, 5) is 19.5. The SMILES string of the molecule is CC(CCCC(C)C(=O)O)Nc1nccc2c1ncn2C. The van der Waals surface area contributed by atoms with Gasteiger partial charge in [-0.3, -0.25) is 4.79 Å². The standard InChI is InChI=1S/C15H22N4O2/c1-10(15(20)21)5-4-6-11(2)18-14-13-12(7-8-16-14)19(3)9-17-13/h7-11H,4-6H2,1-3H3,(H,16,18)(H,20,21). The van der Waals surface area contributed by atoms with Gasteiger partial charge < -0.3 is 15.0 Å². The van der Waals surface area contributed by atoms with Crippen molar-refractivity contribution >= 4 is 22.8 Å². The van der Waals surface area contributed by atoms with Crippen LogP contribution in [0.2, 0.25) is 0 Å². The first kappa shape index (κ1) is 15.3. The highest BCUT2D eigenvalue weighted by atomic mass is 16.4. The van der Waals surface area contributed by atoms with E-state index in [9.17, 15) is 4.79 Å². The smallest absolute Gasteiger partial charge is 0.306 e. The van der Waals surface area contributed by atoms with E-state index in [-0.39, 0.29) is 12.0 Å². The van der Waals surface area contributed by atoms with Crippen molar-refractivity contribution in [2.45, 2.75) is 39.2 Å². The van der Waals surface area contributed by atoms with Crippen LogP contribution in [0.3, 0.4) is 0 Å². The number of imidazole rings is 1. The number of hydrogen-bond donors (Lipinski definition) is 2. The van der Waals surface area contributed by atoms with Crippen LogP contribution in [0.25, 0.3) is 11.0 Å². The Morgan fingerprint density at radius 1 is 1.38 bits per heavy atom. The molecule has 2 unspecified atom stereocenters. The van der Waals surface area contributed by atoms with E-state index in [1.807, 2.05) is 17.7 Å². The van der Waals surface area contributed by atoms with E-state index >= 15 is 0 Å². The van der Waals surface area contributed by atoms with Crippen molar-refractivity contribution in [1.29, 1.82) is 0 Å². The maximum absolute atomic E-state index is 10.8. The topological polar surface area (TPSA) is 80.0 Å². The van der Waals surface area contributed by atoms with Gasteiger partial charge in [0, 0.05) is 19.3 Å². The van der Waals surface area contributed by atoms with Crippen LogP contribution < -0.4 is 5.32 Å². The molecular weight excluding hydrogens is 268 g/mol. The number of carboxylic acids is 1. The predicted octanol–water partition coefficient (Wildman–Crippen LogP) is 2.66. The maximum Gasteiger partial charge on any atom is 0.306 e. The van der Waals surface area contributed by atoms with Crippen molar-refractivity contribution in [3.8, 4) is 0 Å². The third-order valence-corrected chi connectivity index (χ3v) is 3.72. The second kappa shape index (κ2) is 6.56. The third-order valence-electron chi connectivity index (χ3n) is 3.72. The fourth-order valence-corrected chi connectivity index (χ4v) is 2.33. The minimum atomic E-state index is -0.726. The number of aliphatic carboxylic acids is 1. The molecule has 114 valence electrons. The van der Waals surface area contributed by atoms with Gasteiger partial charge in [0.15, 0.2) is 5.82 Å². The predicted molar refractivity (Wildman–Crippen MR) is 82.2 cm³/mol. The van der Waals surface area contributed by atoms with Crippen molar-refractivity contribution in [2.75, 3.05) is 5.32 Å². The van der Waals surface area contributed by atoms with Gasteiger partial charge in [-0.1, -0.05) is 13.3 Å². The number of aryl methyl sites for hydroxylation is 1. The van der Waals surface area contributed by atoms with Crippen molar-refractivity contribution in [2.24, 2.45) is 13.0 Å². The van der Waals surface area contributed by atoms with Crippen molar-refractivity contribution in [3.05, 3.63) is 18.6 Å². The number of hydrogen-bond acceptors (Lipinski definition) is 4. The van der Waals surface area contributed by atoms with E-state index < -0.39 is 5.97 Å². The zero-order valence-corrected chi connectivity index (χ0v) is 12.7. The molecule has 0 aliphatic heterocycles. The van der Waals surface area contributed by atoms with Gasteiger partial charge in [0.25, 0.3) is 0 Å². The lowest BCUT2D eigenvalue weighted by Crippen LogP contribution is -2.17. The van der Waals surface area contributed by atoms with Crippen LogP contribution >= 0.6 is 0 Å². The van der Waals surface area contributed by atoms with E-state index in [1.54, 1.807) is 19.4 Å². The van der Waals surface area contributed by atoms with Crippen LogP contribution in [0.4, 0.5) is 5.82 Å². The molecular formula is C15H22N4O2. The Balaban J connectivity index is 1.92.